The van der Waals surface area contributed by atoms with Crippen LogP contribution < -0.4 is 10.00 Å². The van der Waals surface area contributed by atoms with E-state index in [1.807, 2.05) is 6.07 Å². The van der Waals surface area contributed by atoms with Gasteiger partial charge < -0.3 is 40.8 Å². The number of nitrogens with one attached hydrogen (secondary N) is 1. The maximum Gasteiger partial charge on any atom is 0.371 e. The Balaban J connectivity index is 2.29. The third-order valence-corrected chi connectivity index (χ3v) is 5.54. The van der Waals surface area contributed by atoms with Gasteiger partial charge in [0, 0.05) is 16.8 Å². The van der Waals surface area contributed by atoms with E-state index in [-0.39, 0.29) is 22.3 Å². The lowest BCUT2D eigenvalue weighted by molar-refractivity contribution is -0.815. The molecule has 0 bridgehead atoms. The number of hydrogen-bond acceptors (Lipinski definition) is 9. The molecule has 0 saturated carbocycles. The number of aliphatic carboxylic acids is 1. The molecule has 3 rings (SSSR count). The molecule has 182 valence electrons. The molecule has 0 aliphatic carbocycles. The van der Waals surface area contributed by atoms with Gasteiger partial charge in [0.25, 0.3) is 0 Å². The van der Waals surface area contributed by atoms with Gasteiger partial charge in [-0.3, -0.25) is 4.79 Å². The summed E-state index contributed by atoms with van der Waals surface area (Å²) in [4.78, 5) is 24.9. The van der Waals surface area contributed by atoms with Crippen molar-refractivity contribution in [2.45, 2.75) is 44.2 Å². The van der Waals surface area contributed by atoms with Crippen LogP contribution >= 0.6 is 0 Å². The number of amides is 1. The smallest absolute Gasteiger partial charge is 0.371 e. The number of phenolic OH excluding ortho intramolecular Hbond substituents is 1. The van der Waals surface area contributed by atoms with E-state index >= 15 is 0 Å². The number of fused-ring (bicyclic) bond motifs is 1. The van der Waals surface area contributed by atoms with Gasteiger partial charge in [-0.05, 0) is 18.2 Å². The predicted octanol–water partition coefficient (Wildman–Crippen LogP) is -1.49. The molecule has 2 aromatic rings. The third kappa shape index (κ3) is 4.34. The molecule has 1 aliphatic rings. The maximum atomic E-state index is 12.6. The molecule has 34 heavy (non-hydrogen) atoms. The van der Waals surface area contributed by atoms with E-state index in [4.69, 9.17) is 4.74 Å². The van der Waals surface area contributed by atoms with Gasteiger partial charge in [-0.2, -0.15) is 5.26 Å². The van der Waals surface area contributed by atoms with Crippen molar-refractivity contribution in [3.63, 3.8) is 0 Å². The second-order valence-electron chi connectivity index (χ2n) is 8.13. The number of carboxylic acids is 1. The van der Waals surface area contributed by atoms with Crippen LogP contribution in [0.1, 0.15) is 25.6 Å². The highest BCUT2D eigenvalue weighted by Crippen LogP contribution is 2.30. The van der Waals surface area contributed by atoms with Crippen LogP contribution in [0.2, 0.25) is 0 Å². The van der Waals surface area contributed by atoms with Gasteiger partial charge in [-0.1, -0.05) is 18.5 Å². The first-order valence-corrected chi connectivity index (χ1v) is 10.3. The van der Waals surface area contributed by atoms with Gasteiger partial charge in [-0.25, -0.2) is 4.79 Å². The van der Waals surface area contributed by atoms with Gasteiger partial charge in [0.15, 0.2) is 17.7 Å². The second kappa shape index (κ2) is 9.56. The zero-order valence-electron chi connectivity index (χ0n) is 18.2. The first kappa shape index (κ1) is 24.8. The number of ether oxygens (including phenoxy) is 1. The monoisotopic (exact) mass is 477 g/mol. The molecule has 0 fully saturated rings. The molecule has 1 aliphatic heterocycles. The van der Waals surface area contributed by atoms with Gasteiger partial charge in [-0.15, -0.1) is 0 Å². The Hall–Kier alpha value is -3.86. The average Bonchev–Trinajstić information content (AvgIpc) is 3.08. The third-order valence-electron chi connectivity index (χ3n) is 5.54. The van der Waals surface area contributed by atoms with Crippen LogP contribution in [0.5, 0.6) is 5.75 Å². The molecule has 0 radical (unpaired) electrons. The van der Waals surface area contributed by atoms with E-state index in [9.17, 15) is 45.6 Å². The zero-order valence-corrected chi connectivity index (χ0v) is 18.2. The number of aromatic hydroxyl groups is 1. The summed E-state index contributed by atoms with van der Waals surface area (Å²) >= 11 is 0. The van der Waals surface area contributed by atoms with Crippen molar-refractivity contribution in [1.29, 1.82) is 5.26 Å². The minimum absolute atomic E-state index is 0.0903. The number of aliphatic hydroxyl groups is 3. The number of nitriles is 1. The normalized spacial score (nSPS) is 21.9. The number of carbonyl (C=O) groups is 2. The Labute approximate surface area is 192 Å². The molecule has 13 heteroatoms. The SMILES string of the molecule is CC(C)C(=O)N[C@H]1[C@H]([C@H](O)[C@H](O)CO)OC(C(=O)O)=C[C@@H]1[n+]1c(C#N)c2cc(O)ccc2n1O. The molecule has 0 spiro atoms. The number of aromatic nitrogens is 2. The zero-order chi connectivity index (χ0) is 25.3. The molecule has 1 aromatic carbocycles. The number of phenols is 1. The summed E-state index contributed by atoms with van der Waals surface area (Å²) in [7, 11) is 0. The number of hydrogen-bond donors (Lipinski definition) is 7. The van der Waals surface area contributed by atoms with E-state index < -0.39 is 60.6 Å². The number of benzene rings is 1. The van der Waals surface area contributed by atoms with E-state index in [1.165, 1.54) is 18.2 Å². The highest BCUT2D eigenvalue weighted by molar-refractivity contribution is 5.85. The van der Waals surface area contributed by atoms with Gasteiger partial charge in [0.2, 0.25) is 17.7 Å². The summed E-state index contributed by atoms with van der Waals surface area (Å²) < 4.78 is 6.36. The standard InChI is InChI=1S/C21H24N4O9/c1-9(2)20(30)23-17-13(6-16(21(31)32)34-19(17)18(29)15(28)8-26)24-14(7-22)11-5-10(27)3-4-12(11)25(24)33/h3-6,9,13,15,17-19,26,28-29H,8H2,1-2H3,(H3-,23,27,30,31,32,33)/p+1/t13-,15+,17+,18+,19+/m0/s1. The summed E-state index contributed by atoms with van der Waals surface area (Å²) in [5.74, 6) is -3.51. The molecule has 0 saturated heterocycles. The number of carboxylic acid groups (broad SMARTS) is 1. The minimum Gasteiger partial charge on any atom is -0.508 e. The molecule has 7 N–H and O–H groups in total. The van der Waals surface area contributed by atoms with E-state index in [0.29, 0.717) is 4.85 Å². The first-order chi connectivity index (χ1) is 16.0. The van der Waals surface area contributed by atoms with Crippen molar-refractivity contribution < 1.29 is 49.7 Å². The Morgan fingerprint density at radius 1 is 1.32 bits per heavy atom. The lowest BCUT2D eigenvalue weighted by Gasteiger charge is -2.37. The first-order valence-electron chi connectivity index (χ1n) is 10.3. The second-order valence-corrected chi connectivity index (χ2v) is 8.13. The van der Waals surface area contributed by atoms with Crippen molar-refractivity contribution in [3.05, 3.63) is 35.7 Å². The van der Waals surface area contributed by atoms with Crippen LogP contribution in [0.25, 0.3) is 10.9 Å². The van der Waals surface area contributed by atoms with Gasteiger partial charge in [0.1, 0.15) is 24.0 Å². The molecular formula is C21H25N4O9+. The summed E-state index contributed by atoms with van der Waals surface area (Å²) in [6, 6.07) is 3.08. The van der Waals surface area contributed by atoms with E-state index in [0.717, 1.165) is 10.8 Å². The highest BCUT2D eigenvalue weighted by Gasteiger charge is 2.50. The maximum absolute atomic E-state index is 12.6. The highest BCUT2D eigenvalue weighted by atomic mass is 16.5. The van der Waals surface area contributed by atoms with E-state index in [1.54, 1.807) is 13.8 Å². The van der Waals surface area contributed by atoms with Crippen LogP contribution in [0.3, 0.4) is 0 Å². The fourth-order valence-electron chi connectivity index (χ4n) is 3.77. The number of nitrogens with zero attached hydrogens (tertiary/aromatic N) is 3. The van der Waals surface area contributed by atoms with Crippen LogP contribution in [0, 0.1) is 17.2 Å². The molecule has 5 atom stereocenters. The fraction of sp³-hybridized carbons (Fsp3) is 0.429. The average molecular weight is 477 g/mol. The Kier molecular flexibility index (Phi) is 6.96. The van der Waals surface area contributed by atoms with Crippen LogP contribution in [0.4, 0.5) is 0 Å². The Bertz CT molecular complexity index is 1180. The van der Waals surface area contributed by atoms with Crippen LogP contribution in [0.15, 0.2) is 30.0 Å². The molecule has 13 nitrogen and oxygen atoms in total. The lowest BCUT2D eigenvalue weighted by atomic mass is 9.91. The quantitative estimate of drug-likeness (QED) is 0.181. The van der Waals surface area contributed by atoms with Crippen LogP contribution in [-0.4, -0.2) is 78.4 Å². The predicted molar refractivity (Wildman–Crippen MR) is 111 cm³/mol. The number of aliphatic hydroxyl groups excluding tert-OH is 3. The Morgan fingerprint density at radius 3 is 2.56 bits per heavy atom. The molecule has 0 unspecified atom stereocenters. The van der Waals surface area contributed by atoms with Gasteiger partial charge in [0.05, 0.1) is 12.0 Å². The topological polar surface area (TPSA) is 209 Å². The van der Waals surface area contributed by atoms with Crippen LogP contribution in [-0.2, 0) is 14.3 Å². The Morgan fingerprint density at radius 2 is 2.00 bits per heavy atom. The van der Waals surface area contributed by atoms with Crippen molar-refractivity contribution in [2.24, 2.45) is 5.92 Å². The molecule has 1 aromatic heterocycles. The number of rotatable bonds is 7. The number of carbonyl (C=O) groups excluding carboxylic acids is 1. The largest absolute Gasteiger partial charge is 0.508 e. The van der Waals surface area contributed by atoms with Gasteiger partial charge >= 0.3 is 11.7 Å². The molecular weight excluding hydrogens is 452 g/mol. The molecule has 2 heterocycles. The van der Waals surface area contributed by atoms with Crippen molar-refractivity contribution in [1.82, 2.24) is 10.2 Å². The molecule has 1 amide bonds. The summed E-state index contributed by atoms with van der Waals surface area (Å²) in [6.45, 7) is 2.28. The summed E-state index contributed by atoms with van der Waals surface area (Å²) in [5.41, 5.74) is -0.103. The van der Waals surface area contributed by atoms with Crippen molar-refractivity contribution in [2.75, 3.05) is 6.61 Å². The minimum atomic E-state index is -1.86. The summed E-state index contributed by atoms with van der Waals surface area (Å²) in [5, 5.41) is 72.8. The van der Waals surface area contributed by atoms with Crippen molar-refractivity contribution >= 4 is 22.8 Å². The van der Waals surface area contributed by atoms with E-state index in [2.05, 4.69) is 5.32 Å². The lowest BCUT2D eigenvalue weighted by Crippen LogP contribution is -2.66. The fourth-order valence-corrected chi connectivity index (χ4v) is 3.77. The summed E-state index contributed by atoms with van der Waals surface area (Å²) in [6.07, 6.45) is -4.18. The van der Waals surface area contributed by atoms with Crippen molar-refractivity contribution in [3.8, 4) is 11.8 Å².